The number of ether oxygens (including phenoxy) is 2. The van der Waals surface area contributed by atoms with Crippen LogP contribution in [0.3, 0.4) is 0 Å². The van der Waals surface area contributed by atoms with Crippen molar-refractivity contribution >= 4 is 6.09 Å². The lowest BCUT2D eigenvalue weighted by atomic mass is 9.99. The molecule has 0 aromatic heterocycles. The highest BCUT2D eigenvalue weighted by molar-refractivity contribution is 5.67. The number of halogens is 3. The van der Waals surface area contributed by atoms with Gasteiger partial charge in [0.05, 0.1) is 18.8 Å². The Hall–Kier alpha value is -2.70. The number of carbonyl (C=O) groups excluding carboxylic acids is 1. The molecule has 2 aromatic rings. The van der Waals surface area contributed by atoms with Crippen LogP contribution in [0.15, 0.2) is 54.6 Å². The fourth-order valence-corrected chi connectivity index (χ4v) is 2.77. The van der Waals surface area contributed by atoms with Crippen LogP contribution >= 0.6 is 0 Å². The number of amides is 1. The quantitative estimate of drug-likeness (QED) is 0.629. The number of rotatable bonds is 8. The molecule has 0 aliphatic rings. The van der Waals surface area contributed by atoms with Crippen LogP contribution in [-0.4, -0.2) is 37.8 Å². The van der Waals surface area contributed by atoms with Gasteiger partial charge in [0.15, 0.2) is 0 Å². The molecule has 0 saturated heterocycles. The number of hydrogen-bond acceptors (Lipinski definition) is 3. The van der Waals surface area contributed by atoms with E-state index in [1.807, 2.05) is 30.3 Å². The summed E-state index contributed by atoms with van der Waals surface area (Å²) < 4.78 is 48.7. The Morgan fingerprint density at radius 2 is 1.71 bits per heavy atom. The van der Waals surface area contributed by atoms with Gasteiger partial charge in [-0.1, -0.05) is 30.3 Å². The molecule has 0 radical (unpaired) electrons. The first-order chi connectivity index (χ1) is 13.3. The van der Waals surface area contributed by atoms with Crippen molar-refractivity contribution in [2.24, 2.45) is 5.92 Å². The first-order valence-corrected chi connectivity index (χ1v) is 9.01. The Bertz CT molecular complexity index is 733. The summed E-state index contributed by atoms with van der Waals surface area (Å²) in [6.07, 6.45) is -4.14. The minimum absolute atomic E-state index is 0.0564. The second-order valence-electron chi connectivity index (χ2n) is 6.47. The molecule has 0 N–H and O–H groups in total. The van der Waals surface area contributed by atoms with Crippen molar-refractivity contribution in [1.82, 2.24) is 4.90 Å². The zero-order valence-corrected chi connectivity index (χ0v) is 15.9. The summed E-state index contributed by atoms with van der Waals surface area (Å²) in [7, 11) is 1.65. The van der Waals surface area contributed by atoms with E-state index in [0.29, 0.717) is 18.7 Å². The number of carbonyl (C=O) groups is 1. The second-order valence-corrected chi connectivity index (χ2v) is 6.47. The molecule has 1 atom stereocenters. The molecule has 0 aliphatic carbocycles. The van der Waals surface area contributed by atoms with Crippen LogP contribution in [0.5, 0.6) is 5.75 Å². The zero-order chi connectivity index (χ0) is 20.6. The van der Waals surface area contributed by atoms with Gasteiger partial charge in [0, 0.05) is 19.5 Å². The molecule has 0 saturated carbocycles. The summed E-state index contributed by atoms with van der Waals surface area (Å²) in [6.45, 7) is 2.67. The molecule has 0 spiro atoms. The molecule has 0 aliphatic heterocycles. The van der Waals surface area contributed by atoms with E-state index in [4.69, 9.17) is 9.47 Å². The van der Waals surface area contributed by atoms with Crippen LogP contribution in [0.4, 0.5) is 18.0 Å². The van der Waals surface area contributed by atoms with Crippen LogP contribution < -0.4 is 4.74 Å². The lowest BCUT2D eigenvalue weighted by Crippen LogP contribution is -2.35. The summed E-state index contributed by atoms with van der Waals surface area (Å²) in [6, 6.07) is 14.3. The van der Waals surface area contributed by atoms with Gasteiger partial charge in [0.1, 0.15) is 5.75 Å². The molecule has 7 heteroatoms. The monoisotopic (exact) mass is 395 g/mol. The van der Waals surface area contributed by atoms with Crippen LogP contribution in [0, 0.1) is 5.92 Å². The van der Waals surface area contributed by atoms with Gasteiger partial charge in [-0.15, -0.1) is 0 Å². The third-order valence-electron chi connectivity index (χ3n) is 4.15. The van der Waals surface area contributed by atoms with E-state index < -0.39 is 17.8 Å². The average molecular weight is 395 g/mol. The molecule has 0 fully saturated rings. The van der Waals surface area contributed by atoms with E-state index in [-0.39, 0.29) is 19.1 Å². The van der Waals surface area contributed by atoms with Crippen molar-refractivity contribution in [2.45, 2.75) is 19.5 Å². The molecular formula is C21H24F3NO3. The predicted octanol–water partition coefficient (Wildman–Crippen LogP) is 5.03. The van der Waals surface area contributed by atoms with Crippen LogP contribution in [-0.2, 0) is 17.3 Å². The van der Waals surface area contributed by atoms with Crippen molar-refractivity contribution in [1.29, 1.82) is 0 Å². The smallest absolute Gasteiger partial charge is 0.416 e. The summed E-state index contributed by atoms with van der Waals surface area (Å²) in [5, 5.41) is 0. The van der Waals surface area contributed by atoms with Crippen LogP contribution in [0.1, 0.15) is 18.1 Å². The molecule has 28 heavy (non-hydrogen) atoms. The summed E-state index contributed by atoms with van der Waals surface area (Å²) in [5.41, 5.74) is 0.364. The number of nitrogens with zero attached hydrogens (tertiary/aromatic N) is 1. The van der Waals surface area contributed by atoms with Gasteiger partial charge in [-0.2, -0.15) is 13.2 Å². The Morgan fingerprint density at radius 1 is 1.07 bits per heavy atom. The van der Waals surface area contributed by atoms with Crippen molar-refractivity contribution < 1.29 is 27.4 Å². The third-order valence-corrected chi connectivity index (χ3v) is 4.15. The number of hydrogen-bond donors (Lipinski definition) is 0. The Balaban J connectivity index is 2.03. The van der Waals surface area contributed by atoms with E-state index in [9.17, 15) is 18.0 Å². The summed E-state index contributed by atoms with van der Waals surface area (Å²) >= 11 is 0. The van der Waals surface area contributed by atoms with Gasteiger partial charge in [-0.05, 0) is 43.2 Å². The van der Waals surface area contributed by atoms with Gasteiger partial charge in [0.2, 0.25) is 0 Å². The first-order valence-electron chi connectivity index (χ1n) is 9.01. The van der Waals surface area contributed by atoms with Gasteiger partial charge >= 0.3 is 12.3 Å². The lowest BCUT2D eigenvalue weighted by Gasteiger charge is -2.24. The highest BCUT2D eigenvalue weighted by Crippen LogP contribution is 2.30. The number of alkyl halides is 3. The molecular weight excluding hydrogens is 371 g/mol. The van der Waals surface area contributed by atoms with E-state index >= 15 is 0 Å². The third kappa shape index (κ3) is 6.79. The molecule has 2 rings (SSSR count). The Kier molecular flexibility index (Phi) is 7.72. The highest BCUT2D eigenvalue weighted by Gasteiger charge is 2.30. The average Bonchev–Trinajstić information content (AvgIpc) is 2.66. The maximum Gasteiger partial charge on any atom is 0.416 e. The van der Waals surface area contributed by atoms with Crippen LogP contribution in [0.2, 0.25) is 0 Å². The van der Waals surface area contributed by atoms with Crippen molar-refractivity contribution in [3.8, 4) is 5.75 Å². The van der Waals surface area contributed by atoms with Gasteiger partial charge in [0.25, 0.3) is 0 Å². The van der Waals surface area contributed by atoms with E-state index in [1.54, 1.807) is 14.0 Å². The summed E-state index contributed by atoms with van der Waals surface area (Å²) in [4.78, 5) is 13.4. The van der Waals surface area contributed by atoms with Crippen molar-refractivity contribution in [3.63, 3.8) is 0 Å². The van der Waals surface area contributed by atoms with E-state index in [1.165, 1.54) is 17.0 Å². The van der Waals surface area contributed by atoms with Crippen molar-refractivity contribution in [2.75, 3.05) is 26.8 Å². The molecule has 1 unspecified atom stereocenters. The van der Waals surface area contributed by atoms with Crippen LogP contribution in [0.25, 0.3) is 0 Å². The largest absolute Gasteiger partial charge is 0.493 e. The maximum absolute atomic E-state index is 12.7. The number of benzene rings is 2. The molecule has 4 nitrogen and oxygen atoms in total. The highest BCUT2D eigenvalue weighted by atomic mass is 19.4. The van der Waals surface area contributed by atoms with Crippen molar-refractivity contribution in [3.05, 3.63) is 65.7 Å². The molecule has 0 heterocycles. The first kappa shape index (κ1) is 21.6. The fraction of sp³-hybridized carbons (Fsp3) is 0.381. The predicted molar refractivity (Wildman–Crippen MR) is 100 cm³/mol. The topological polar surface area (TPSA) is 38.8 Å². The zero-order valence-electron chi connectivity index (χ0n) is 15.9. The fourth-order valence-electron chi connectivity index (χ4n) is 2.77. The van der Waals surface area contributed by atoms with Gasteiger partial charge in [-0.25, -0.2) is 4.79 Å². The van der Waals surface area contributed by atoms with Gasteiger partial charge in [-0.3, -0.25) is 0 Å². The van der Waals surface area contributed by atoms with E-state index in [2.05, 4.69) is 0 Å². The lowest BCUT2D eigenvalue weighted by molar-refractivity contribution is -0.137. The minimum atomic E-state index is -4.38. The molecule has 1 amide bonds. The molecule has 0 bridgehead atoms. The summed E-state index contributed by atoms with van der Waals surface area (Å²) in [5.74, 6) is 0.295. The maximum atomic E-state index is 12.7. The van der Waals surface area contributed by atoms with E-state index in [0.717, 1.165) is 17.7 Å². The normalized spacial score (nSPS) is 12.3. The molecule has 2 aromatic carbocycles. The SMILES string of the molecule is CCOC(=O)N(C)CC(COc1ccc(C(F)(F)F)cc1)Cc1ccccc1. The second kappa shape index (κ2) is 10.0. The molecule has 152 valence electrons. The Labute approximate surface area is 162 Å². The minimum Gasteiger partial charge on any atom is -0.493 e. The standard InChI is InChI=1S/C21H24F3NO3/c1-3-27-20(26)25(2)14-17(13-16-7-5-4-6-8-16)15-28-19-11-9-18(10-12-19)21(22,23)24/h4-12,17H,3,13-15H2,1-2H3. The van der Waals surface area contributed by atoms with Gasteiger partial charge < -0.3 is 14.4 Å². The Morgan fingerprint density at radius 3 is 2.29 bits per heavy atom.